The second-order valence-electron chi connectivity index (χ2n) is 7.03. The van der Waals surface area contributed by atoms with Gasteiger partial charge in [0.1, 0.15) is 5.75 Å². The summed E-state index contributed by atoms with van der Waals surface area (Å²) in [5.74, 6) is -3.94. The number of nitrogens with one attached hydrogen (secondary N) is 1. The smallest absolute Gasteiger partial charge is 0.371 e. The summed E-state index contributed by atoms with van der Waals surface area (Å²) in [5.41, 5.74) is -0.146. The number of anilines is 1. The number of hydrogen-bond acceptors (Lipinski definition) is 6. The third kappa shape index (κ3) is 4.15. The highest BCUT2D eigenvalue weighted by atomic mass is 16.4. The van der Waals surface area contributed by atoms with Crippen molar-refractivity contribution in [2.24, 2.45) is 0 Å². The van der Waals surface area contributed by atoms with Crippen LogP contribution in [0.3, 0.4) is 0 Å². The molecule has 4 rings (SSSR count). The number of rotatable bonds is 5. The fourth-order valence-electron chi connectivity index (χ4n) is 3.34. The number of benzene rings is 3. The highest BCUT2D eigenvalue weighted by molar-refractivity contribution is 6.09. The van der Waals surface area contributed by atoms with Crippen molar-refractivity contribution in [2.75, 3.05) is 5.32 Å². The minimum Gasteiger partial charge on any atom is -0.508 e. The zero-order chi connectivity index (χ0) is 23.7. The van der Waals surface area contributed by atoms with Gasteiger partial charge in [0.05, 0.1) is 16.6 Å². The molecule has 164 valence electrons. The highest BCUT2D eigenvalue weighted by Crippen LogP contribution is 2.32. The van der Waals surface area contributed by atoms with Crippen molar-refractivity contribution in [2.45, 2.75) is 0 Å². The van der Waals surface area contributed by atoms with E-state index in [0.29, 0.717) is 5.56 Å². The molecule has 0 aliphatic rings. The molecule has 0 radical (unpaired) electrons. The lowest BCUT2D eigenvalue weighted by molar-refractivity contribution is 0.0660. The summed E-state index contributed by atoms with van der Waals surface area (Å²) in [5, 5.41) is 30.8. The number of phenols is 1. The van der Waals surface area contributed by atoms with Crippen molar-refractivity contribution in [1.29, 1.82) is 0 Å². The maximum atomic E-state index is 12.8. The first kappa shape index (κ1) is 21.3. The molecule has 0 bridgehead atoms. The molecule has 3 aromatic carbocycles. The number of carboxylic acid groups (broad SMARTS) is 2. The molecule has 0 aliphatic heterocycles. The third-order valence-corrected chi connectivity index (χ3v) is 4.89. The number of phenolic OH excluding ortho intramolecular Hbond substituents is 1. The molecule has 4 aromatic rings. The van der Waals surface area contributed by atoms with E-state index < -0.39 is 29.0 Å². The summed E-state index contributed by atoms with van der Waals surface area (Å²) in [7, 11) is 0. The van der Waals surface area contributed by atoms with E-state index in [0.717, 1.165) is 6.07 Å². The Balaban J connectivity index is 1.95. The Labute approximate surface area is 185 Å². The monoisotopic (exact) mass is 445 g/mol. The zero-order valence-corrected chi connectivity index (χ0v) is 16.7. The lowest BCUT2D eigenvalue weighted by Crippen LogP contribution is -2.14. The van der Waals surface area contributed by atoms with Crippen LogP contribution in [0.1, 0.15) is 31.3 Å². The quantitative estimate of drug-likeness (QED) is 0.361. The fourth-order valence-corrected chi connectivity index (χ4v) is 3.34. The van der Waals surface area contributed by atoms with E-state index in [-0.39, 0.29) is 39.1 Å². The Hall–Kier alpha value is -4.92. The van der Waals surface area contributed by atoms with E-state index in [4.69, 9.17) is 4.42 Å². The van der Waals surface area contributed by atoms with Crippen LogP contribution in [0.5, 0.6) is 5.75 Å². The third-order valence-electron chi connectivity index (χ3n) is 4.89. The molecule has 9 heteroatoms. The standard InChI is InChI=1S/C24H15NO8/c26-14-7-5-12(6-8-14)22(28)25-18-10-13(15-3-1-2-4-16(15)23(29)30)9-17-19(27)11-20(24(31)32)33-21(17)18/h1-11,26H,(H,25,28)(H,29,30)(H,31,32). The molecule has 0 saturated carbocycles. The van der Waals surface area contributed by atoms with Crippen molar-refractivity contribution < 1.29 is 34.1 Å². The molecule has 0 aliphatic carbocycles. The number of carboxylic acids is 2. The predicted octanol–water partition coefficient (Wildman–Crippen LogP) is 3.81. The van der Waals surface area contributed by atoms with Gasteiger partial charge >= 0.3 is 11.9 Å². The lowest BCUT2D eigenvalue weighted by Gasteiger charge is -2.13. The van der Waals surface area contributed by atoms with Crippen LogP contribution in [0.4, 0.5) is 5.69 Å². The maximum absolute atomic E-state index is 12.8. The largest absolute Gasteiger partial charge is 0.508 e. The Kier molecular flexibility index (Phi) is 5.37. The van der Waals surface area contributed by atoms with Gasteiger partial charge in [-0.25, -0.2) is 9.59 Å². The van der Waals surface area contributed by atoms with Crippen LogP contribution in [0.25, 0.3) is 22.1 Å². The van der Waals surface area contributed by atoms with Gasteiger partial charge in [-0.05, 0) is 53.6 Å². The molecule has 0 spiro atoms. The Bertz CT molecular complexity index is 1490. The number of hydrogen-bond donors (Lipinski definition) is 4. The van der Waals surface area contributed by atoms with Crippen molar-refractivity contribution in [3.63, 3.8) is 0 Å². The topological polar surface area (TPSA) is 154 Å². The molecule has 0 saturated heterocycles. The zero-order valence-electron chi connectivity index (χ0n) is 16.7. The van der Waals surface area contributed by atoms with E-state index in [1.807, 2.05) is 0 Å². The van der Waals surface area contributed by atoms with Crippen LogP contribution in [0.15, 0.2) is 75.9 Å². The van der Waals surface area contributed by atoms with Gasteiger partial charge in [0, 0.05) is 11.6 Å². The highest BCUT2D eigenvalue weighted by Gasteiger charge is 2.19. The molecular formula is C24H15NO8. The first-order valence-corrected chi connectivity index (χ1v) is 9.53. The normalized spacial score (nSPS) is 10.7. The van der Waals surface area contributed by atoms with E-state index in [1.54, 1.807) is 18.2 Å². The van der Waals surface area contributed by atoms with Gasteiger partial charge in [0.25, 0.3) is 5.91 Å². The van der Waals surface area contributed by atoms with Gasteiger partial charge in [-0.1, -0.05) is 18.2 Å². The maximum Gasteiger partial charge on any atom is 0.371 e. The van der Waals surface area contributed by atoms with Crippen LogP contribution in [0.2, 0.25) is 0 Å². The summed E-state index contributed by atoms with van der Waals surface area (Å²) in [6, 6.07) is 15.1. The summed E-state index contributed by atoms with van der Waals surface area (Å²) in [4.78, 5) is 48.5. The average Bonchev–Trinajstić information content (AvgIpc) is 2.79. The average molecular weight is 445 g/mol. The molecule has 1 amide bonds. The second-order valence-corrected chi connectivity index (χ2v) is 7.03. The first-order valence-electron chi connectivity index (χ1n) is 9.53. The molecule has 1 heterocycles. The molecule has 33 heavy (non-hydrogen) atoms. The summed E-state index contributed by atoms with van der Waals surface area (Å²) in [6.07, 6.45) is 0. The molecule has 4 N–H and O–H groups in total. The number of fused-ring (bicyclic) bond motifs is 1. The van der Waals surface area contributed by atoms with Gasteiger partial charge < -0.3 is 25.1 Å². The van der Waals surface area contributed by atoms with Crippen LogP contribution in [0, 0.1) is 0 Å². The van der Waals surface area contributed by atoms with Gasteiger partial charge in [-0.3, -0.25) is 9.59 Å². The van der Waals surface area contributed by atoms with Crippen molar-refractivity contribution in [1.82, 2.24) is 0 Å². The van der Waals surface area contributed by atoms with Crippen molar-refractivity contribution in [3.8, 4) is 16.9 Å². The number of carbonyl (C=O) groups is 3. The molecule has 0 fully saturated rings. The van der Waals surface area contributed by atoms with Crippen LogP contribution in [-0.4, -0.2) is 33.2 Å². The van der Waals surface area contributed by atoms with Gasteiger partial charge in [0.15, 0.2) is 11.0 Å². The number of amides is 1. The summed E-state index contributed by atoms with van der Waals surface area (Å²) in [6.45, 7) is 0. The summed E-state index contributed by atoms with van der Waals surface area (Å²) < 4.78 is 5.39. The predicted molar refractivity (Wildman–Crippen MR) is 118 cm³/mol. The Morgan fingerprint density at radius 1 is 0.848 bits per heavy atom. The molecule has 1 aromatic heterocycles. The van der Waals surface area contributed by atoms with E-state index in [1.165, 1.54) is 42.5 Å². The van der Waals surface area contributed by atoms with E-state index in [2.05, 4.69) is 5.32 Å². The Morgan fingerprint density at radius 3 is 2.21 bits per heavy atom. The number of aromatic carboxylic acids is 2. The fraction of sp³-hybridized carbons (Fsp3) is 0. The summed E-state index contributed by atoms with van der Waals surface area (Å²) >= 11 is 0. The minimum absolute atomic E-state index is 0.0269. The molecular weight excluding hydrogens is 430 g/mol. The Morgan fingerprint density at radius 2 is 1.55 bits per heavy atom. The van der Waals surface area contributed by atoms with Crippen molar-refractivity contribution in [3.05, 3.63) is 93.8 Å². The van der Waals surface area contributed by atoms with E-state index >= 15 is 0 Å². The van der Waals surface area contributed by atoms with Crippen molar-refractivity contribution >= 4 is 34.5 Å². The number of aromatic hydroxyl groups is 1. The van der Waals surface area contributed by atoms with Gasteiger partial charge in [-0.15, -0.1) is 0 Å². The van der Waals surface area contributed by atoms with Gasteiger partial charge in [-0.2, -0.15) is 0 Å². The van der Waals surface area contributed by atoms with Crippen LogP contribution < -0.4 is 10.7 Å². The minimum atomic E-state index is -1.47. The second kappa shape index (κ2) is 8.31. The molecule has 0 unspecified atom stereocenters. The van der Waals surface area contributed by atoms with Gasteiger partial charge in [0.2, 0.25) is 5.76 Å². The number of carbonyl (C=O) groups excluding carboxylic acids is 1. The van der Waals surface area contributed by atoms with E-state index in [9.17, 15) is 34.5 Å². The SMILES string of the molecule is O=C(Nc1cc(-c2ccccc2C(=O)O)cc2c(=O)cc(C(=O)O)oc12)c1ccc(O)cc1. The lowest BCUT2D eigenvalue weighted by atomic mass is 9.97. The first-order chi connectivity index (χ1) is 15.7. The van der Waals surface area contributed by atoms with Crippen LogP contribution >= 0.6 is 0 Å². The molecule has 9 nitrogen and oxygen atoms in total. The van der Waals surface area contributed by atoms with Crippen LogP contribution in [-0.2, 0) is 0 Å². The molecule has 0 atom stereocenters.